The van der Waals surface area contributed by atoms with E-state index in [1.807, 2.05) is 36.4 Å². The Morgan fingerprint density at radius 3 is 1.91 bits per heavy atom. The molecule has 8 aromatic rings. The van der Waals surface area contributed by atoms with Crippen molar-refractivity contribution in [2.24, 2.45) is 0 Å². The van der Waals surface area contributed by atoms with E-state index in [4.69, 9.17) is 0 Å². The van der Waals surface area contributed by atoms with Gasteiger partial charge in [-0.25, -0.2) is 0 Å². The van der Waals surface area contributed by atoms with Gasteiger partial charge in [-0.05, 0) is 97.8 Å². The maximum absolute atomic E-state index is 9.89. The zero-order chi connectivity index (χ0) is 31.1. The molecule has 9 rings (SSSR count). The van der Waals surface area contributed by atoms with E-state index in [-0.39, 0.29) is 6.04 Å². The van der Waals surface area contributed by atoms with Crippen LogP contribution in [-0.2, 0) is 0 Å². The van der Waals surface area contributed by atoms with Crippen molar-refractivity contribution in [1.82, 2.24) is 9.13 Å². The molecule has 0 bridgehead atoms. The molecule has 5 nitrogen and oxygen atoms in total. The van der Waals surface area contributed by atoms with E-state index in [0.29, 0.717) is 11.1 Å². The van der Waals surface area contributed by atoms with Crippen LogP contribution in [-0.4, -0.2) is 15.2 Å². The molecular weight excluding hydrogens is 562 g/mol. The van der Waals surface area contributed by atoms with Gasteiger partial charge in [-0.3, -0.25) is 0 Å². The third-order valence-electron chi connectivity index (χ3n) is 9.38. The molecule has 0 spiro atoms. The zero-order valence-corrected chi connectivity index (χ0v) is 25.4. The molecule has 0 radical (unpaired) electrons. The van der Waals surface area contributed by atoms with Gasteiger partial charge in [0.15, 0.2) is 0 Å². The first kappa shape index (κ1) is 26.1. The molecule has 2 aromatic heterocycles. The van der Waals surface area contributed by atoms with Crippen LogP contribution in [0, 0.1) is 22.7 Å². The number of para-hydroxylation sites is 2. The fourth-order valence-corrected chi connectivity index (χ4v) is 7.44. The number of nitrogens with zero attached hydrogens (tertiary/aromatic N) is 5. The summed E-state index contributed by atoms with van der Waals surface area (Å²) in [5.41, 5.74) is 12.3. The Morgan fingerprint density at radius 1 is 0.500 bits per heavy atom. The monoisotopic (exact) mass is 589 g/mol. The van der Waals surface area contributed by atoms with Crippen LogP contribution in [0.5, 0.6) is 0 Å². The lowest BCUT2D eigenvalue weighted by Gasteiger charge is -2.36. The van der Waals surface area contributed by atoms with Crippen LogP contribution >= 0.6 is 0 Å². The van der Waals surface area contributed by atoms with Crippen LogP contribution in [0.2, 0.25) is 0 Å². The Labute approximate surface area is 266 Å². The van der Waals surface area contributed by atoms with Gasteiger partial charge in [-0.2, -0.15) is 10.5 Å². The molecule has 0 saturated carbocycles. The van der Waals surface area contributed by atoms with Gasteiger partial charge in [0.2, 0.25) is 0 Å². The summed E-state index contributed by atoms with van der Waals surface area (Å²) >= 11 is 0. The smallest absolute Gasteiger partial charge is 0.0992 e. The van der Waals surface area contributed by atoms with Gasteiger partial charge < -0.3 is 14.0 Å². The predicted octanol–water partition coefficient (Wildman–Crippen LogP) is 10.2. The molecule has 0 amide bonds. The second-order valence-corrected chi connectivity index (χ2v) is 12.3. The SMILES string of the molecule is CC(C)N1c2cc(C#N)ccc2-n2c3cc4c5ccccc5n(-c5ccccc5)c4cc3c3cc(-c4ccc(C#N)cc4)cc1c32. The number of aromatic nitrogens is 2. The number of nitriles is 2. The summed E-state index contributed by atoms with van der Waals surface area (Å²) in [6, 6.07) is 47.1. The molecule has 216 valence electrons. The first-order valence-electron chi connectivity index (χ1n) is 15.5. The second kappa shape index (κ2) is 9.60. The van der Waals surface area contributed by atoms with Crippen molar-refractivity contribution in [2.75, 3.05) is 4.90 Å². The Morgan fingerprint density at radius 2 is 1.17 bits per heavy atom. The van der Waals surface area contributed by atoms with Crippen molar-refractivity contribution in [3.05, 3.63) is 132 Å². The molecule has 0 fully saturated rings. The van der Waals surface area contributed by atoms with E-state index in [1.165, 1.54) is 27.1 Å². The minimum Gasteiger partial charge on any atom is -0.335 e. The molecule has 6 aromatic carbocycles. The Bertz CT molecular complexity index is 2620. The van der Waals surface area contributed by atoms with E-state index >= 15 is 0 Å². The van der Waals surface area contributed by atoms with Crippen molar-refractivity contribution in [3.8, 4) is 34.6 Å². The molecule has 0 atom stereocenters. The van der Waals surface area contributed by atoms with E-state index in [9.17, 15) is 10.5 Å². The first-order chi connectivity index (χ1) is 22.6. The summed E-state index contributed by atoms with van der Waals surface area (Å²) in [5, 5.41) is 24.1. The number of hydrogen-bond donors (Lipinski definition) is 0. The van der Waals surface area contributed by atoms with E-state index in [2.05, 4.69) is 125 Å². The number of anilines is 2. The largest absolute Gasteiger partial charge is 0.335 e. The van der Waals surface area contributed by atoms with Gasteiger partial charge >= 0.3 is 0 Å². The lowest BCUT2D eigenvalue weighted by molar-refractivity contribution is 0.781. The lowest BCUT2D eigenvalue weighted by atomic mass is 9.98. The number of benzene rings is 6. The maximum atomic E-state index is 9.89. The van der Waals surface area contributed by atoms with Crippen molar-refractivity contribution in [3.63, 3.8) is 0 Å². The highest BCUT2D eigenvalue weighted by Crippen LogP contribution is 2.50. The third-order valence-corrected chi connectivity index (χ3v) is 9.38. The van der Waals surface area contributed by atoms with Gasteiger partial charge in [0.1, 0.15) is 0 Å². The summed E-state index contributed by atoms with van der Waals surface area (Å²) in [6.07, 6.45) is 0. The molecule has 1 aliphatic heterocycles. The topological polar surface area (TPSA) is 60.7 Å². The fraction of sp³-hybridized carbons (Fsp3) is 0.0732. The van der Waals surface area contributed by atoms with Crippen molar-refractivity contribution >= 4 is 55.0 Å². The van der Waals surface area contributed by atoms with Gasteiger partial charge in [0.25, 0.3) is 0 Å². The van der Waals surface area contributed by atoms with Crippen LogP contribution in [0.15, 0.2) is 121 Å². The highest BCUT2D eigenvalue weighted by Gasteiger charge is 2.31. The molecule has 0 N–H and O–H groups in total. The number of hydrogen-bond acceptors (Lipinski definition) is 3. The molecule has 1 aliphatic rings. The van der Waals surface area contributed by atoms with E-state index < -0.39 is 0 Å². The Hall–Kier alpha value is -6.30. The predicted molar refractivity (Wildman–Crippen MR) is 187 cm³/mol. The van der Waals surface area contributed by atoms with Crippen molar-refractivity contribution in [1.29, 1.82) is 10.5 Å². The van der Waals surface area contributed by atoms with E-state index in [1.54, 1.807) is 0 Å². The van der Waals surface area contributed by atoms with Crippen molar-refractivity contribution < 1.29 is 0 Å². The average Bonchev–Trinajstić information content (AvgIpc) is 3.60. The molecule has 0 aliphatic carbocycles. The van der Waals surface area contributed by atoms with Crippen LogP contribution in [0.3, 0.4) is 0 Å². The van der Waals surface area contributed by atoms with Crippen LogP contribution in [0.25, 0.3) is 66.1 Å². The highest BCUT2D eigenvalue weighted by molar-refractivity contribution is 6.22. The second-order valence-electron chi connectivity index (χ2n) is 12.3. The first-order valence-corrected chi connectivity index (χ1v) is 15.5. The summed E-state index contributed by atoms with van der Waals surface area (Å²) in [6.45, 7) is 4.40. The molecule has 5 heteroatoms. The van der Waals surface area contributed by atoms with Crippen LogP contribution < -0.4 is 4.90 Å². The fourth-order valence-electron chi connectivity index (χ4n) is 7.44. The summed E-state index contributed by atoms with van der Waals surface area (Å²) in [4.78, 5) is 2.36. The van der Waals surface area contributed by atoms with Crippen LogP contribution in [0.1, 0.15) is 25.0 Å². The van der Waals surface area contributed by atoms with E-state index in [0.717, 1.165) is 50.4 Å². The molecule has 0 unspecified atom stereocenters. The minimum absolute atomic E-state index is 0.143. The Balaban J connectivity index is 1.47. The van der Waals surface area contributed by atoms with Crippen LogP contribution in [0.4, 0.5) is 11.4 Å². The molecular formula is C41H27N5. The van der Waals surface area contributed by atoms with Gasteiger partial charge in [0.05, 0.1) is 62.4 Å². The molecule has 0 saturated heterocycles. The highest BCUT2D eigenvalue weighted by atomic mass is 15.2. The minimum atomic E-state index is 0.143. The summed E-state index contributed by atoms with van der Waals surface area (Å²) in [5.74, 6) is 0. The third kappa shape index (κ3) is 3.54. The summed E-state index contributed by atoms with van der Waals surface area (Å²) in [7, 11) is 0. The molecule has 46 heavy (non-hydrogen) atoms. The van der Waals surface area contributed by atoms with Gasteiger partial charge in [-0.15, -0.1) is 0 Å². The summed E-state index contributed by atoms with van der Waals surface area (Å²) < 4.78 is 4.76. The maximum Gasteiger partial charge on any atom is 0.0992 e. The zero-order valence-electron chi connectivity index (χ0n) is 25.4. The van der Waals surface area contributed by atoms with Gasteiger partial charge in [-0.1, -0.05) is 48.5 Å². The van der Waals surface area contributed by atoms with Gasteiger partial charge in [0, 0.05) is 33.3 Å². The lowest BCUT2D eigenvalue weighted by Crippen LogP contribution is -2.29. The average molecular weight is 590 g/mol. The normalized spacial score (nSPS) is 12.2. The molecule has 3 heterocycles. The quantitative estimate of drug-likeness (QED) is 0.206. The number of fused-ring (bicyclic) bond motifs is 8. The standard InChI is InChI=1S/C41H27N5/c1-25(2)44-39-18-27(24-43)14-17-36(39)46-38-21-32-31-10-6-7-11-35(31)45(30-8-4-3-5-9-30)37(32)22-33(38)34-19-29(20-40(44)41(34)46)28-15-12-26(23-42)13-16-28/h3-22,25H,1-2H3. The Kier molecular flexibility index (Phi) is 5.45. The number of rotatable bonds is 3. The van der Waals surface area contributed by atoms with Crippen molar-refractivity contribution in [2.45, 2.75) is 19.9 Å².